The maximum absolute atomic E-state index is 10.8. The largest absolute Gasteiger partial charge is 0.457 e. The molecule has 0 bridgehead atoms. The third-order valence-corrected chi connectivity index (χ3v) is 1.56. The first-order valence-electron chi connectivity index (χ1n) is 3.28. The van der Waals surface area contributed by atoms with Crippen molar-refractivity contribution in [2.24, 2.45) is 0 Å². The maximum Gasteiger partial charge on any atom is 0.338 e. The Morgan fingerprint density at radius 3 is 2.50 bits per heavy atom. The molecule has 0 spiro atoms. The Morgan fingerprint density at radius 1 is 1.40 bits per heavy atom. The van der Waals surface area contributed by atoms with E-state index in [9.17, 15) is 4.79 Å². The van der Waals surface area contributed by atoms with E-state index in [1.165, 1.54) is 0 Å². The van der Waals surface area contributed by atoms with E-state index in [1.807, 2.05) is 19.9 Å². The molecule has 1 heterocycles. The SMILES string of the molecule is C/C=C1/COC(=O)/C1=C/C. The Balaban J connectivity index is 2.95. The summed E-state index contributed by atoms with van der Waals surface area (Å²) in [7, 11) is 0. The second-order valence-corrected chi connectivity index (χ2v) is 2.09. The number of carbonyl (C=O) groups is 1. The first kappa shape index (κ1) is 7.06. The first-order valence-corrected chi connectivity index (χ1v) is 3.28. The number of rotatable bonds is 0. The van der Waals surface area contributed by atoms with E-state index in [2.05, 4.69) is 0 Å². The van der Waals surface area contributed by atoms with Gasteiger partial charge in [-0.2, -0.15) is 0 Å². The topological polar surface area (TPSA) is 26.3 Å². The highest BCUT2D eigenvalue weighted by atomic mass is 16.5. The van der Waals surface area contributed by atoms with Crippen LogP contribution in [-0.4, -0.2) is 12.6 Å². The number of allylic oxidation sites excluding steroid dienone is 2. The van der Waals surface area contributed by atoms with Gasteiger partial charge in [0.15, 0.2) is 0 Å². The molecular weight excluding hydrogens is 128 g/mol. The molecule has 0 aromatic heterocycles. The van der Waals surface area contributed by atoms with Gasteiger partial charge in [0.2, 0.25) is 0 Å². The van der Waals surface area contributed by atoms with Crippen LogP contribution < -0.4 is 0 Å². The lowest BCUT2D eigenvalue weighted by molar-refractivity contribution is -0.134. The molecule has 0 aliphatic carbocycles. The van der Waals surface area contributed by atoms with E-state index in [0.29, 0.717) is 12.2 Å². The Labute approximate surface area is 60.2 Å². The molecule has 0 saturated carbocycles. The number of ether oxygens (including phenoxy) is 1. The summed E-state index contributed by atoms with van der Waals surface area (Å²) in [4.78, 5) is 10.8. The quantitative estimate of drug-likeness (QED) is 0.374. The Morgan fingerprint density at radius 2 is 2.10 bits per heavy atom. The number of hydrogen-bond donors (Lipinski definition) is 0. The second-order valence-electron chi connectivity index (χ2n) is 2.09. The summed E-state index contributed by atoms with van der Waals surface area (Å²) in [5.74, 6) is -0.199. The van der Waals surface area contributed by atoms with Gasteiger partial charge < -0.3 is 4.74 Å². The molecule has 1 aliphatic heterocycles. The van der Waals surface area contributed by atoms with Gasteiger partial charge in [-0.1, -0.05) is 12.2 Å². The van der Waals surface area contributed by atoms with Crippen LogP contribution >= 0.6 is 0 Å². The molecule has 0 N–H and O–H groups in total. The van der Waals surface area contributed by atoms with E-state index >= 15 is 0 Å². The van der Waals surface area contributed by atoms with Crippen LogP contribution in [0.2, 0.25) is 0 Å². The van der Waals surface area contributed by atoms with Gasteiger partial charge in [0.05, 0.1) is 5.57 Å². The van der Waals surface area contributed by atoms with Crippen molar-refractivity contribution in [2.75, 3.05) is 6.61 Å². The van der Waals surface area contributed by atoms with E-state index in [4.69, 9.17) is 4.74 Å². The zero-order valence-corrected chi connectivity index (χ0v) is 6.18. The molecule has 1 aliphatic rings. The van der Waals surface area contributed by atoms with Crippen molar-refractivity contribution in [1.82, 2.24) is 0 Å². The first-order chi connectivity index (χ1) is 4.79. The minimum atomic E-state index is -0.199. The van der Waals surface area contributed by atoms with E-state index in [0.717, 1.165) is 5.57 Å². The Hall–Kier alpha value is -1.05. The summed E-state index contributed by atoms with van der Waals surface area (Å²) in [5.41, 5.74) is 1.70. The monoisotopic (exact) mass is 138 g/mol. The third-order valence-electron chi connectivity index (χ3n) is 1.56. The predicted octanol–water partition coefficient (Wildman–Crippen LogP) is 1.44. The molecule has 2 heteroatoms. The minimum absolute atomic E-state index is 0.199. The second kappa shape index (κ2) is 2.69. The van der Waals surface area contributed by atoms with Gasteiger partial charge in [0, 0.05) is 0 Å². The summed E-state index contributed by atoms with van der Waals surface area (Å²) < 4.78 is 4.78. The number of cyclic esters (lactones) is 1. The molecule has 0 unspecified atom stereocenters. The van der Waals surface area contributed by atoms with Crippen molar-refractivity contribution in [3.05, 3.63) is 23.3 Å². The van der Waals surface area contributed by atoms with Gasteiger partial charge in [-0.05, 0) is 19.4 Å². The summed E-state index contributed by atoms with van der Waals surface area (Å²) in [5, 5.41) is 0. The van der Waals surface area contributed by atoms with Gasteiger partial charge in [-0.15, -0.1) is 0 Å². The number of carbonyl (C=O) groups excluding carboxylic acids is 1. The van der Waals surface area contributed by atoms with Crippen molar-refractivity contribution < 1.29 is 9.53 Å². The fourth-order valence-electron chi connectivity index (χ4n) is 0.972. The lowest BCUT2D eigenvalue weighted by Gasteiger charge is -1.88. The van der Waals surface area contributed by atoms with Crippen molar-refractivity contribution in [2.45, 2.75) is 13.8 Å². The average Bonchev–Trinajstić information content (AvgIpc) is 2.30. The summed E-state index contributed by atoms with van der Waals surface area (Å²) in [6.07, 6.45) is 3.69. The van der Waals surface area contributed by atoms with Crippen LogP contribution in [0.25, 0.3) is 0 Å². The summed E-state index contributed by atoms with van der Waals surface area (Å²) in [6.45, 7) is 4.18. The van der Waals surface area contributed by atoms with Crippen molar-refractivity contribution in [3.8, 4) is 0 Å². The standard InChI is InChI=1S/C8H10O2/c1-3-6-5-10-8(9)7(6)4-2/h3-4H,5H2,1-2H3/b6-3-,7-4+. The lowest BCUT2D eigenvalue weighted by atomic mass is 10.1. The molecular formula is C8H10O2. The fraction of sp³-hybridized carbons (Fsp3) is 0.375. The smallest absolute Gasteiger partial charge is 0.338 e. The Bertz CT molecular complexity index is 211. The van der Waals surface area contributed by atoms with Crippen LogP contribution in [0.3, 0.4) is 0 Å². The zero-order valence-electron chi connectivity index (χ0n) is 6.18. The van der Waals surface area contributed by atoms with Crippen LogP contribution in [0.4, 0.5) is 0 Å². The van der Waals surface area contributed by atoms with Crippen LogP contribution in [0.5, 0.6) is 0 Å². The summed E-state index contributed by atoms with van der Waals surface area (Å²) in [6, 6.07) is 0. The van der Waals surface area contributed by atoms with Gasteiger partial charge in [-0.25, -0.2) is 4.79 Å². The van der Waals surface area contributed by atoms with Crippen LogP contribution in [0.1, 0.15) is 13.8 Å². The van der Waals surface area contributed by atoms with Gasteiger partial charge in [0.25, 0.3) is 0 Å². The molecule has 1 rings (SSSR count). The Kier molecular flexibility index (Phi) is 1.90. The zero-order chi connectivity index (χ0) is 7.56. The minimum Gasteiger partial charge on any atom is -0.457 e. The molecule has 0 aromatic carbocycles. The number of hydrogen-bond acceptors (Lipinski definition) is 2. The highest BCUT2D eigenvalue weighted by Gasteiger charge is 2.22. The van der Waals surface area contributed by atoms with Crippen molar-refractivity contribution >= 4 is 5.97 Å². The van der Waals surface area contributed by atoms with Crippen molar-refractivity contribution in [3.63, 3.8) is 0 Å². The molecule has 2 nitrogen and oxygen atoms in total. The maximum atomic E-state index is 10.8. The lowest BCUT2D eigenvalue weighted by Crippen LogP contribution is -1.93. The average molecular weight is 138 g/mol. The molecule has 0 amide bonds. The fourth-order valence-corrected chi connectivity index (χ4v) is 0.972. The molecule has 0 atom stereocenters. The molecule has 0 radical (unpaired) electrons. The predicted molar refractivity (Wildman–Crippen MR) is 38.5 cm³/mol. The van der Waals surface area contributed by atoms with Crippen LogP contribution in [0.15, 0.2) is 23.3 Å². The number of esters is 1. The molecule has 54 valence electrons. The third kappa shape index (κ3) is 0.967. The van der Waals surface area contributed by atoms with Gasteiger partial charge >= 0.3 is 5.97 Å². The van der Waals surface area contributed by atoms with E-state index < -0.39 is 0 Å². The highest BCUT2D eigenvalue weighted by Crippen LogP contribution is 2.19. The van der Waals surface area contributed by atoms with Crippen LogP contribution in [0, 0.1) is 0 Å². The van der Waals surface area contributed by atoms with Crippen LogP contribution in [-0.2, 0) is 9.53 Å². The molecule has 10 heavy (non-hydrogen) atoms. The summed E-state index contributed by atoms with van der Waals surface area (Å²) >= 11 is 0. The van der Waals surface area contributed by atoms with Crippen molar-refractivity contribution in [1.29, 1.82) is 0 Å². The highest BCUT2D eigenvalue weighted by molar-refractivity contribution is 5.96. The normalized spacial score (nSPS) is 26.0. The van der Waals surface area contributed by atoms with E-state index in [-0.39, 0.29) is 5.97 Å². The van der Waals surface area contributed by atoms with E-state index in [1.54, 1.807) is 6.08 Å². The molecule has 1 saturated heterocycles. The van der Waals surface area contributed by atoms with Gasteiger partial charge in [-0.3, -0.25) is 0 Å². The molecule has 1 fully saturated rings. The molecule has 0 aromatic rings. The van der Waals surface area contributed by atoms with Gasteiger partial charge in [0.1, 0.15) is 6.61 Å².